The van der Waals surface area contributed by atoms with Crippen molar-refractivity contribution in [1.29, 1.82) is 0 Å². The van der Waals surface area contributed by atoms with E-state index in [-0.39, 0.29) is 35.1 Å². The largest absolute Gasteiger partial charge is 0.409 e. The summed E-state index contributed by atoms with van der Waals surface area (Å²) in [5, 5.41) is 22.8. The number of nitro groups is 1. The summed E-state index contributed by atoms with van der Waals surface area (Å²) in [6, 6.07) is 1.23. The van der Waals surface area contributed by atoms with E-state index in [0.717, 1.165) is 0 Å². The normalized spacial score (nSPS) is 23.1. The van der Waals surface area contributed by atoms with Crippen molar-refractivity contribution < 1.29 is 14.9 Å². The number of ether oxygens (including phenoxy) is 1. The minimum Gasteiger partial charge on any atom is -0.409 e. The second-order valence-electron chi connectivity index (χ2n) is 4.95. The average Bonchev–Trinajstić information content (AvgIpc) is 2.48. The predicted molar refractivity (Wildman–Crippen MR) is 75.6 cm³/mol. The molecule has 21 heavy (non-hydrogen) atoms. The second-order valence-corrected chi connectivity index (χ2v) is 4.95. The van der Waals surface area contributed by atoms with Crippen LogP contribution < -0.4 is 10.6 Å². The Morgan fingerprint density at radius 2 is 2.38 bits per heavy atom. The van der Waals surface area contributed by atoms with Gasteiger partial charge in [-0.15, -0.1) is 0 Å². The van der Waals surface area contributed by atoms with Gasteiger partial charge in [0, 0.05) is 24.4 Å². The molecule has 2 unspecified atom stereocenters. The van der Waals surface area contributed by atoms with Crippen LogP contribution in [0.2, 0.25) is 0 Å². The second kappa shape index (κ2) is 5.92. The van der Waals surface area contributed by atoms with Gasteiger partial charge in [0.2, 0.25) is 5.82 Å². The van der Waals surface area contributed by atoms with Crippen LogP contribution in [0.4, 0.5) is 11.5 Å². The van der Waals surface area contributed by atoms with Gasteiger partial charge in [0.05, 0.1) is 23.7 Å². The summed E-state index contributed by atoms with van der Waals surface area (Å²) < 4.78 is 5.51. The van der Waals surface area contributed by atoms with Gasteiger partial charge < -0.3 is 20.6 Å². The maximum Gasteiger partial charge on any atom is 0.312 e. The van der Waals surface area contributed by atoms with Crippen molar-refractivity contribution >= 4 is 17.3 Å². The van der Waals surface area contributed by atoms with Crippen LogP contribution in [-0.4, -0.2) is 46.2 Å². The Bertz CT molecular complexity index is 577. The number of morpholine rings is 1. The van der Waals surface area contributed by atoms with E-state index in [1.807, 2.05) is 18.7 Å². The number of hydrogen-bond donors (Lipinski definition) is 2. The van der Waals surface area contributed by atoms with Gasteiger partial charge in [-0.2, -0.15) is 0 Å². The highest BCUT2D eigenvalue weighted by Crippen LogP contribution is 2.30. The molecule has 1 saturated heterocycles. The maximum atomic E-state index is 11.3. The molecule has 2 heterocycles. The SMILES string of the molecule is CC1CN(c2ncc(C(N)=NO)cc2[N+](=O)[O-])C(C)CO1. The molecule has 114 valence electrons. The number of amidine groups is 1. The van der Waals surface area contributed by atoms with Crippen LogP contribution in [0.1, 0.15) is 19.4 Å². The molecule has 0 spiro atoms. The third-order valence-corrected chi connectivity index (χ3v) is 3.33. The van der Waals surface area contributed by atoms with Gasteiger partial charge in [0.25, 0.3) is 0 Å². The number of oxime groups is 1. The third-order valence-electron chi connectivity index (χ3n) is 3.33. The standard InChI is InChI=1S/C12H17N5O4/c1-7-6-21-8(2)5-16(7)12-10(17(19)20)3-9(4-14-12)11(13)15-18/h3-4,7-8,18H,5-6H2,1-2H3,(H2,13,15). The molecule has 0 amide bonds. The number of aromatic nitrogens is 1. The maximum absolute atomic E-state index is 11.3. The zero-order valence-electron chi connectivity index (χ0n) is 11.8. The number of nitrogens with zero attached hydrogens (tertiary/aromatic N) is 4. The van der Waals surface area contributed by atoms with Crippen LogP contribution in [-0.2, 0) is 4.74 Å². The molecule has 2 atom stereocenters. The van der Waals surface area contributed by atoms with E-state index in [2.05, 4.69) is 10.1 Å². The molecule has 0 aliphatic carbocycles. The fraction of sp³-hybridized carbons (Fsp3) is 0.500. The number of pyridine rings is 1. The van der Waals surface area contributed by atoms with Gasteiger partial charge in [0.15, 0.2) is 5.84 Å². The Balaban J connectivity index is 2.45. The van der Waals surface area contributed by atoms with E-state index < -0.39 is 4.92 Å². The lowest BCUT2D eigenvalue weighted by molar-refractivity contribution is -0.384. The quantitative estimate of drug-likeness (QED) is 0.276. The summed E-state index contributed by atoms with van der Waals surface area (Å²) in [5.41, 5.74) is 5.46. The first kappa shape index (κ1) is 15.0. The molecule has 0 aromatic carbocycles. The summed E-state index contributed by atoms with van der Waals surface area (Å²) in [7, 11) is 0. The van der Waals surface area contributed by atoms with Crippen LogP contribution in [0.3, 0.4) is 0 Å². The number of rotatable bonds is 3. The number of anilines is 1. The van der Waals surface area contributed by atoms with Crippen molar-refractivity contribution in [1.82, 2.24) is 4.98 Å². The van der Waals surface area contributed by atoms with E-state index in [1.165, 1.54) is 12.3 Å². The fourth-order valence-corrected chi connectivity index (χ4v) is 2.20. The predicted octanol–water partition coefficient (Wildman–Crippen LogP) is 0.698. The summed E-state index contributed by atoms with van der Waals surface area (Å²) in [4.78, 5) is 16.7. The minimum atomic E-state index is -0.524. The van der Waals surface area contributed by atoms with Gasteiger partial charge in [-0.3, -0.25) is 10.1 Å². The van der Waals surface area contributed by atoms with E-state index in [1.54, 1.807) is 0 Å². The molecule has 0 radical (unpaired) electrons. The van der Waals surface area contributed by atoms with Crippen molar-refractivity contribution in [3.05, 3.63) is 27.9 Å². The van der Waals surface area contributed by atoms with Crippen LogP contribution in [0.5, 0.6) is 0 Å². The Labute approximate surface area is 121 Å². The zero-order chi connectivity index (χ0) is 15.6. The minimum absolute atomic E-state index is 0.0258. The van der Waals surface area contributed by atoms with E-state index >= 15 is 0 Å². The third kappa shape index (κ3) is 3.02. The summed E-state index contributed by atoms with van der Waals surface area (Å²) >= 11 is 0. The van der Waals surface area contributed by atoms with Gasteiger partial charge in [-0.25, -0.2) is 4.98 Å². The van der Waals surface area contributed by atoms with Crippen LogP contribution in [0, 0.1) is 10.1 Å². The molecule has 1 aromatic heterocycles. The van der Waals surface area contributed by atoms with Crippen molar-refractivity contribution in [2.24, 2.45) is 10.9 Å². The van der Waals surface area contributed by atoms with Crippen LogP contribution in [0.15, 0.2) is 17.4 Å². The van der Waals surface area contributed by atoms with Crippen molar-refractivity contribution in [3.8, 4) is 0 Å². The van der Waals surface area contributed by atoms with Gasteiger partial charge in [-0.05, 0) is 13.8 Å². The zero-order valence-corrected chi connectivity index (χ0v) is 11.8. The summed E-state index contributed by atoms with van der Waals surface area (Å²) in [6.07, 6.45) is 1.32. The molecule has 2 rings (SSSR count). The van der Waals surface area contributed by atoms with Crippen LogP contribution in [0.25, 0.3) is 0 Å². The lowest BCUT2D eigenvalue weighted by Gasteiger charge is -2.37. The van der Waals surface area contributed by atoms with Gasteiger partial charge in [0.1, 0.15) is 0 Å². The van der Waals surface area contributed by atoms with E-state index in [9.17, 15) is 10.1 Å². The number of nitrogens with two attached hydrogens (primary N) is 1. The Kier molecular flexibility index (Phi) is 4.22. The summed E-state index contributed by atoms with van der Waals surface area (Å²) in [6.45, 7) is 4.80. The molecule has 1 aliphatic rings. The van der Waals surface area contributed by atoms with Crippen molar-refractivity contribution in [2.45, 2.75) is 26.0 Å². The first-order valence-corrected chi connectivity index (χ1v) is 6.44. The first-order valence-electron chi connectivity index (χ1n) is 6.44. The molecule has 1 aliphatic heterocycles. The average molecular weight is 295 g/mol. The van der Waals surface area contributed by atoms with Crippen molar-refractivity contribution in [3.63, 3.8) is 0 Å². The molecule has 0 bridgehead atoms. The van der Waals surface area contributed by atoms with Crippen molar-refractivity contribution in [2.75, 3.05) is 18.1 Å². The highest BCUT2D eigenvalue weighted by Gasteiger charge is 2.30. The smallest absolute Gasteiger partial charge is 0.312 e. The van der Waals surface area contributed by atoms with Gasteiger partial charge in [-0.1, -0.05) is 5.16 Å². The molecular weight excluding hydrogens is 278 g/mol. The van der Waals surface area contributed by atoms with Gasteiger partial charge >= 0.3 is 5.69 Å². The molecule has 9 nitrogen and oxygen atoms in total. The highest BCUT2D eigenvalue weighted by atomic mass is 16.6. The molecule has 1 aromatic rings. The molecule has 1 fully saturated rings. The Morgan fingerprint density at radius 1 is 1.67 bits per heavy atom. The lowest BCUT2D eigenvalue weighted by atomic mass is 10.1. The Hall–Kier alpha value is -2.42. The van der Waals surface area contributed by atoms with E-state index in [4.69, 9.17) is 15.7 Å². The Morgan fingerprint density at radius 3 is 3.00 bits per heavy atom. The molecule has 9 heteroatoms. The van der Waals surface area contributed by atoms with Crippen LogP contribution >= 0.6 is 0 Å². The molecular formula is C12H17N5O4. The first-order chi connectivity index (χ1) is 9.93. The fourth-order valence-electron chi connectivity index (χ4n) is 2.20. The lowest BCUT2D eigenvalue weighted by Crippen LogP contribution is -2.48. The monoisotopic (exact) mass is 295 g/mol. The molecule has 3 N–H and O–H groups in total. The highest BCUT2D eigenvalue weighted by molar-refractivity contribution is 5.97. The number of hydrogen-bond acceptors (Lipinski definition) is 7. The van der Waals surface area contributed by atoms with E-state index in [0.29, 0.717) is 13.2 Å². The topological polar surface area (TPSA) is 127 Å². The molecule has 0 saturated carbocycles. The summed E-state index contributed by atoms with van der Waals surface area (Å²) in [5.74, 6) is 0.0395.